The molecule has 4 heterocycles. The van der Waals surface area contributed by atoms with Gasteiger partial charge in [0.25, 0.3) is 0 Å². The third-order valence-electron chi connectivity index (χ3n) is 9.89. The van der Waals surface area contributed by atoms with E-state index in [4.69, 9.17) is 29.1 Å². The van der Waals surface area contributed by atoms with Crippen LogP contribution in [0.1, 0.15) is 47.4 Å². The standard InChI is InChI=1S/C40H37F4N6O9P/c1-4-24-7-6-8-25(5-2)34(24)50-35(30-21-48(15-14-32(30)47-50)38-45-19-26(20-46-38)40(42,43)44)29-18-31(41)37(56-3)36-28(29)13-16-49(36)39(52)58-22-57-33(51)17-23-9-11-27(12-10-23)59-60(53,54)55/h6-13,16,18-20H,4-5,14-15,17,21-22H2,1-3H3,(H2,53,54,55). The molecule has 0 fully saturated rings. The number of hydrogen-bond donors (Lipinski definition) is 2. The molecule has 6 aromatic rings. The summed E-state index contributed by atoms with van der Waals surface area (Å²) in [6.07, 6.45) is -1.47. The van der Waals surface area contributed by atoms with E-state index in [1.165, 1.54) is 43.6 Å². The molecule has 0 aliphatic carbocycles. The number of carbonyl (C=O) groups is 2. The van der Waals surface area contributed by atoms with E-state index in [2.05, 4.69) is 14.5 Å². The molecular weight excluding hydrogens is 815 g/mol. The molecule has 0 bridgehead atoms. The SMILES string of the molecule is CCc1cccc(CC)c1-n1nc2c(c1-c1cc(F)c(OC)c3c1ccn3C(=O)OCOC(=O)Cc1ccc(OP(=O)(O)O)cc1)CN(c1ncc(C(F)(F)F)cn1)CC2. The molecule has 0 amide bonds. The fraction of sp³-hybridized carbons (Fsp3) is 0.275. The fourth-order valence-electron chi connectivity index (χ4n) is 7.15. The zero-order chi connectivity index (χ0) is 42.9. The second kappa shape index (κ2) is 16.8. The Morgan fingerprint density at radius 3 is 2.27 bits per heavy atom. The number of ether oxygens (including phenoxy) is 3. The van der Waals surface area contributed by atoms with Gasteiger partial charge in [0.05, 0.1) is 36.2 Å². The van der Waals surface area contributed by atoms with Gasteiger partial charge in [-0.2, -0.15) is 18.3 Å². The van der Waals surface area contributed by atoms with Gasteiger partial charge in [-0.1, -0.05) is 44.2 Å². The van der Waals surface area contributed by atoms with Crippen molar-refractivity contribution in [1.29, 1.82) is 0 Å². The maximum Gasteiger partial charge on any atom is 0.524 e. The quantitative estimate of drug-likeness (QED) is 0.0541. The number of benzene rings is 3. The largest absolute Gasteiger partial charge is 0.524 e. The molecule has 7 rings (SSSR count). The predicted octanol–water partition coefficient (Wildman–Crippen LogP) is 7.34. The Morgan fingerprint density at radius 1 is 0.967 bits per heavy atom. The van der Waals surface area contributed by atoms with Gasteiger partial charge in [0.15, 0.2) is 11.6 Å². The highest BCUT2D eigenvalue weighted by Gasteiger charge is 2.34. The molecule has 0 radical (unpaired) electrons. The average molecular weight is 853 g/mol. The lowest BCUT2D eigenvalue weighted by Crippen LogP contribution is -2.31. The number of hydrogen-bond acceptors (Lipinski definition) is 11. The molecule has 1 aliphatic rings. The van der Waals surface area contributed by atoms with Crippen LogP contribution in [-0.4, -0.2) is 66.6 Å². The Hall–Kier alpha value is -6.30. The second-order valence-corrected chi connectivity index (χ2v) is 14.8. The number of halogens is 4. The van der Waals surface area contributed by atoms with Crippen molar-refractivity contribution in [3.05, 3.63) is 113 Å². The van der Waals surface area contributed by atoms with Gasteiger partial charge in [-0.3, -0.25) is 14.6 Å². The Morgan fingerprint density at radius 2 is 1.65 bits per heavy atom. The lowest BCUT2D eigenvalue weighted by molar-refractivity contribution is -0.151. The smallest absolute Gasteiger partial charge is 0.492 e. The lowest BCUT2D eigenvalue weighted by atomic mass is 9.97. The molecule has 0 spiro atoms. The number of phosphoric acid groups is 1. The molecule has 1 aliphatic heterocycles. The summed E-state index contributed by atoms with van der Waals surface area (Å²) in [5, 5.41) is 5.45. The van der Waals surface area contributed by atoms with E-state index >= 15 is 4.39 Å². The van der Waals surface area contributed by atoms with E-state index < -0.39 is 44.2 Å². The van der Waals surface area contributed by atoms with Crippen molar-refractivity contribution < 1.29 is 60.2 Å². The van der Waals surface area contributed by atoms with E-state index in [9.17, 15) is 27.3 Å². The highest BCUT2D eigenvalue weighted by atomic mass is 31.2. The minimum Gasteiger partial charge on any atom is -0.492 e. The molecule has 2 N–H and O–H groups in total. The fourth-order valence-corrected chi connectivity index (χ4v) is 7.54. The summed E-state index contributed by atoms with van der Waals surface area (Å²) in [5.41, 5.74) is 4.28. The summed E-state index contributed by atoms with van der Waals surface area (Å²) in [6.45, 7) is 3.65. The first-order chi connectivity index (χ1) is 28.6. The topological polar surface area (TPSA) is 180 Å². The predicted molar refractivity (Wildman–Crippen MR) is 207 cm³/mol. The van der Waals surface area contributed by atoms with Crippen molar-refractivity contribution in [3.63, 3.8) is 0 Å². The molecule has 20 heteroatoms. The number of phosphoric ester groups is 1. The van der Waals surface area contributed by atoms with Crippen LogP contribution in [0.4, 0.5) is 28.3 Å². The summed E-state index contributed by atoms with van der Waals surface area (Å²) in [6, 6.07) is 14.1. The van der Waals surface area contributed by atoms with Crippen molar-refractivity contribution >= 4 is 36.7 Å². The van der Waals surface area contributed by atoms with Crippen LogP contribution in [0.5, 0.6) is 11.5 Å². The average Bonchev–Trinajstić information content (AvgIpc) is 3.82. The number of fused-ring (bicyclic) bond motifs is 2. The zero-order valence-corrected chi connectivity index (χ0v) is 33.2. The number of alkyl halides is 3. The number of rotatable bonds is 12. The number of carbonyl (C=O) groups excluding carboxylic acids is 2. The summed E-state index contributed by atoms with van der Waals surface area (Å²) in [4.78, 5) is 53.8. The van der Waals surface area contributed by atoms with Crippen LogP contribution in [-0.2, 0) is 57.2 Å². The first kappa shape index (κ1) is 41.8. The van der Waals surface area contributed by atoms with Gasteiger partial charge in [0.2, 0.25) is 12.7 Å². The number of methoxy groups -OCH3 is 1. The number of anilines is 1. The molecule has 0 unspecified atom stereocenters. The van der Waals surface area contributed by atoms with Crippen molar-refractivity contribution in [3.8, 4) is 28.4 Å². The van der Waals surface area contributed by atoms with Crippen LogP contribution < -0.4 is 14.2 Å². The molecule has 15 nitrogen and oxygen atoms in total. The summed E-state index contributed by atoms with van der Waals surface area (Å²) in [7, 11) is -3.52. The summed E-state index contributed by atoms with van der Waals surface area (Å²) < 4.78 is 90.6. The van der Waals surface area contributed by atoms with Gasteiger partial charge < -0.3 is 23.6 Å². The number of aromatic nitrogens is 5. The Kier molecular flexibility index (Phi) is 11.7. The van der Waals surface area contributed by atoms with Crippen LogP contribution in [0.25, 0.3) is 27.8 Å². The number of para-hydroxylation sites is 1. The molecule has 3 aromatic heterocycles. The van der Waals surface area contributed by atoms with E-state index in [1.54, 1.807) is 15.6 Å². The highest BCUT2D eigenvalue weighted by molar-refractivity contribution is 7.46. The van der Waals surface area contributed by atoms with E-state index in [0.29, 0.717) is 59.3 Å². The summed E-state index contributed by atoms with van der Waals surface area (Å²) in [5.74, 6) is -1.93. The lowest BCUT2D eigenvalue weighted by Gasteiger charge is -2.27. The van der Waals surface area contributed by atoms with Crippen molar-refractivity contribution in [2.45, 2.75) is 52.3 Å². The zero-order valence-electron chi connectivity index (χ0n) is 32.3. The van der Waals surface area contributed by atoms with Crippen LogP contribution in [0.2, 0.25) is 0 Å². The Labute approximate surface area is 339 Å². The molecule has 0 atom stereocenters. The van der Waals surface area contributed by atoms with Gasteiger partial charge in [0.1, 0.15) is 11.3 Å². The van der Waals surface area contributed by atoms with Gasteiger partial charge >= 0.3 is 26.1 Å². The van der Waals surface area contributed by atoms with Crippen molar-refractivity contribution in [1.82, 2.24) is 24.3 Å². The molecule has 0 saturated heterocycles. The third-order valence-corrected chi connectivity index (χ3v) is 10.3. The van der Waals surface area contributed by atoms with Crippen LogP contribution in [0.15, 0.2) is 73.2 Å². The van der Waals surface area contributed by atoms with E-state index in [0.717, 1.165) is 33.8 Å². The van der Waals surface area contributed by atoms with Crippen LogP contribution in [0, 0.1) is 5.82 Å². The van der Waals surface area contributed by atoms with Crippen molar-refractivity contribution in [2.24, 2.45) is 0 Å². The van der Waals surface area contributed by atoms with Crippen molar-refractivity contribution in [2.75, 3.05) is 25.3 Å². The number of esters is 1. The second-order valence-electron chi connectivity index (χ2n) is 13.6. The van der Waals surface area contributed by atoms with Gasteiger partial charge in [0, 0.05) is 54.6 Å². The molecular formula is C40H37F4N6O9P. The molecule has 60 heavy (non-hydrogen) atoms. The maximum absolute atomic E-state index is 16.3. The first-order valence-electron chi connectivity index (χ1n) is 18.5. The van der Waals surface area contributed by atoms with Gasteiger partial charge in [-0.25, -0.2) is 33.0 Å². The van der Waals surface area contributed by atoms with E-state index in [-0.39, 0.29) is 35.9 Å². The number of nitrogens with zero attached hydrogens (tertiary/aromatic N) is 6. The van der Waals surface area contributed by atoms with E-state index in [1.807, 2.05) is 32.0 Å². The molecule has 3 aromatic carbocycles. The van der Waals surface area contributed by atoms with Gasteiger partial charge in [-0.15, -0.1) is 0 Å². The molecule has 314 valence electrons. The third kappa shape index (κ3) is 8.55. The minimum atomic E-state index is -4.77. The minimum absolute atomic E-state index is 0.00108. The number of aryl methyl sites for hydroxylation is 2. The maximum atomic E-state index is 16.3. The summed E-state index contributed by atoms with van der Waals surface area (Å²) >= 11 is 0. The van der Waals surface area contributed by atoms with Crippen LogP contribution in [0.3, 0.4) is 0 Å². The normalized spacial score (nSPS) is 13.0. The highest BCUT2D eigenvalue weighted by Crippen LogP contribution is 2.43. The molecule has 0 saturated carbocycles. The van der Waals surface area contributed by atoms with Gasteiger partial charge in [-0.05, 0) is 53.8 Å². The Balaban J connectivity index is 1.24. The first-order valence-corrected chi connectivity index (χ1v) is 20.0. The Bertz CT molecular complexity index is 2600. The van der Waals surface area contributed by atoms with Crippen LogP contribution >= 0.6 is 7.82 Å². The monoisotopic (exact) mass is 852 g/mol.